The largest absolute Gasteiger partial charge is 0.359 e. The Morgan fingerprint density at radius 3 is 3.40 bits per heavy atom. The molecule has 0 aromatic rings. The molecule has 2 aliphatic rings. The van der Waals surface area contributed by atoms with Crippen LogP contribution in [0.5, 0.6) is 0 Å². The lowest BCUT2D eigenvalue weighted by molar-refractivity contribution is 1.07. The predicted octanol–water partition coefficient (Wildman–Crippen LogP) is 1.35. The molecule has 0 amide bonds. The van der Waals surface area contributed by atoms with Gasteiger partial charge in [-0.15, -0.1) is 0 Å². The van der Waals surface area contributed by atoms with E-state index in [0.717, 1.165) is 17.8 Å². The minimum absolute atomic E-state index is 0.948. The fourth-order valence-electron chi connectivity index (χ4n) is 1.06. The first kappa shape index (κ1) is 5.47. The highest BCUT2D eigenvalue weighted by Gasteiger charge is 2.07. The van der Waals surface area contributed by atoms with Crippen molar-refractivity contribution in [3.8, 4) is 0 Å². The summed E-state index contributed by atoms with van der Waals surface area (Å²) in [4.78, 5) is 4.21. The lowest BCUT2D eigenvalue weighted by atomic mass is 10.1. The number of hydrogen-bond donors (Lipinski definition) is 1. The van der Waals surface area contributed by atoms with Gasteiger partial charge >= 0.3 is 0 Å². The van der Waals surface area contributed by atoms with Crippen molar-refractivity contribution in [1.29, 1.82) is 0 Å². The SMILES string of the molecule is C1=CCC2=NC=CNC2=C1. The number of fused-ring (bicyclic) bond motifs is 1. The second-order valence-corrected chi connectivity index (χ2v) is 2.25. The average Bonchev–Trinajstić information content (AvgIpc) is 2.05. The molecule has 0 saturated carbocycles. The number of hydrogen-bond acceptors (Lipinski definition) is 2. The molecule has 2 nitrogen and oxygen atoms in total. The van der Waals surface area contributed by atoms with Crippen molar-refractivity contribution in [2.24, 2.45) is 4.99 Å². The van der Waals surface area contributed by atoms with E-state index in [1.165, 1.54) is 0 Å². The molecule has 0 aromatic carbocycles. The van der Waals surface area contributed by atoms with E-state index in [9.17, 15) is 0 Å². The lowest BCUT2D eigenvalue weighted by Crippen LogP contribution is -2.18. The van der Waals surface area contributed by atoms with Crippen molar-refractivity contribution in [2.45, 2.75) is 6.42 Å². The Balaban J connectivity index is 2.38. The molecule has 2 heteroatoms. The summed E-state index contributed by atoms with van der Waals surface area (Å²) in [7, 11) is 0. The van der Waals surface area contributed by atoms with Gasteiger partial charge in [-0.1, -0.05) is 12.2 Å². The normalized spacial score (nSPS) is 20.8. The molecule has 0 bridgehead atoms. The van der Waals surface area contributed by atoms with Gasteiger partial charge in [-0.2, -0.15) is 0 Å². The number of rotatable bonds is 0. The first-order valence-corrected chi connectivity index (χ1v) is 3.32. The van der Waals surface area contributed by atoms with Crippen molar-refractivity contribution in [3.05, 3.63) is 36.3 Å². The van der Waals surface area contributed by atoms with Crippen molar-refractivity contribution in [3.63, 3.8) is 0 Å². The Bertz CT molecular complexity index is 228. The molecule has 0 atom stereocenters. The number of aliphatic imine (C=N–C) groups is 1. The highest BCUT2D eigenvalue weighted by Crippen LogP contribution is 2.09. The van der Waals surface area contributed by atoms with E-state index < -0.39 is 0 Å². The zero-order valence-corrected chi connectivity index (χ0v) is 5.54. The summed E-state index contributed by atoms with van der Waals surface area (Å²) in [6, 6.07) is 0. The van der Waals surface area contributed by atoms with Gasteiger partial charge in [0.05, 0.1) is 11.4 Å². The van der Waals surface area contributed by atoms with Crippen LogP contribution in [0, 0.1) is 0 Å². The fourth-order valence-corrected chi connectivity index (χ4v) is 1.06. The molecule has 0 saturated heterocycles. The molecule has 0 aromatic heterocycles. The van der Waals surface area contributed by atoms with Crippen LogP contribution in [0.25, 0.3) is 0 Å². The van der Waals surface area contributed by atoms with E-state index >= 15 is 0 Å². The predicted molar refractivity (Wildman–Crippen MR) is 41.6 cm³/mol. The van der Waals surface area contributed by atoms with Gasteiger partial charge in [0.25, 0.3) is 0 Å². The first-order chi connectivity index (χ1) is 4.97. The molecular formula is C8H8N2. The zero-order valence-electron chi connectivity index (χ0n) is 5.54. The van der Waals surface area contributed by atoms with Crippen LogP contribution in [0.4, 0.5) is 0 Å². The van der Waals surface area contributed by atoms with E-state index in [0.29, 0.717) is 0 Å². The fraction of sp³-hybridized carbons (Fsp3) is 0.125. The molecule has 50 valence electrons. The summed E-state index contributed by atoms with van der Waals surface area (Å²) in [5.74, 6) is 0. The van der Waals surface area contributed by atoms with Gasteiger partial charge in [0, 0.05) is 18.8 Å². The highest BCUT2D eigenvalue weighted by molar-refractivity contribution is 6.02. The minimum Gasteiger partial charge on any atom is -0.359 e. The molecule has 0 spiro atoms. The van der Waals surface area contributed by atoms with Crippen LogP contribution in [-0.2, 0) is 0 Å². The Morgan fingerprint density at radius 2 is 2.50 bits per heavy atom. The third-order valence-electron chi connectivity index (χ3n) is 1.56. The average molecular weight is 132 g/mol. The van der Waals surface area contributed by atoms with Crippen LogP contribution in [0.1, 0.15) is 6.42 Å². The summed E-state index contributed by atoms with van der Waals surface area (Å²) in [5.41, 5.74) is 2.26. The number of allylic oxidation sites excluding steroid dienone is 4. The van der Waals surface area contributed by atoms with Crippen molar-refractivity contribution in [1.82, 2.24) is 5.32 Å². The number of nitrogens with zero attached hydrogens (tertiary/aromatic N) is 1. The molecular weight excluding hydrogens is 124 g/mol. The molecule has 1 aliphatic carbocycles. The van der Waals surface area contributed by atoms with Crippen LogP contribution in [0.2, 0.25) is 0 Å². The van der Waals surface area contributed by atoms with Crippen LogP contribution in [-0.4, -0.2) is 5.71 Å². The Hall–Kier alpha value is -1.31. The summed E-state index contributed by atoms with van der Waals surface area (Å²) < 4.78 is 0. The maximum atomic E-state index is 4.21. The van der Waals surface area contributed by atoms with Gasteiger partial charge in [0.2, 0.25) is 0 Å². The highest BCUT2D eigenvalue weighted by atomic mass is 14.9. The van der Waals surface area contributed by atoms with E-state index in [-0.39, 0.29) is 0 Å². The molecule has 0 fully saturated rings. The Morgan fingerprint density at radius 1 is 1.50 bits per heavy atom. The van der Waals surface area contributed by atoms with Gasteiger partial charge in [-0.25, -0.2) is 0 Å². The minimum atomic E-state index is 0.948. The van der Waals surface area contributed by atoms with Crippen LogP contribution >= 0.6 is 0 Å². The third-order valence-corrected chi connectivity index (χ3v) is 1.56. The monoisotopic (exact) mass is 132 g/mol. The standard InChI is InChI=1S/C8H8N2/c1-2-4-8-7(3-1)9-5-6-10-8/h1-3,5-6,9H,4H2. The molecule has 1 N–H and O–H groups in total. The van der Waals surface area contributed by atoms with E-state index in [2.05, 4.69) is 16.4 Å². The van der Waals surface area contributed by atoms with Gasteiger partial charge in [-0.3, -0.25) is 4.99 Å². The van der Waals surface area contributed by atoms with Gasteiger partial charge < -0.3 is 5.32 Å². The van der Waals surface area contributed by atoms with Crippen molar-refractivity contribution in [2.75, 3.05) is 0 Å². The molecule has 0 unspecified atom stereocenters. The summed E-state index contributed by atoms with van der Waals surface area (Å²) in [5, 5.41) is 3.12. The Kier molecular flexibility index (Phi) is 1.17. The molecule has 1 aliphatic heterocycles. The summed E-state index contributed by atoms with van der Waals surface area (Å²) >= 11 is 0. The Labute approximate surface area is 59.7 Å². The zero-order chi connectivity index (χ0) is 6.81. The maximum absolute atomic E-state index is 4.21. The van der Waals surface area contributed by atoms with Crippen LogP contribution < -0.4 is 5.32 Å². The lowest BCUT2D eigenvalue weighted by Gasteiger charge is -2.13. The topological polar surface area (TPSA) is 24.4 Å². The first-order valence-electron chi connectivity index (χ1n) is 3.32. The third kappa shape index (κ3) is 0.778. The summed E-state index contributed by atoms with van der Waals surface area (Å²) in [6.07, 6.45) is 10.7. The van der Waals surface area contributed by atoms with Crippen molar-refractivity contribution < 1.29 is 0 Å². The molecule has 1 heterocycles. The summed E-state index contributed by atoms with van der Waals surface area (Å²) in [6.45, 7) is 0. The quantitative estimate of drug-likeness (QED) is 0.528. The molecule has 10 heavy (non-hydrogen) atoms. The number of nitrogens with one attached hydrogen (secondary N) is 1. The van der Waals surface area contributed by atoms with E-state index in [1.807, 2.05) is 18.4 Å². The van der Waals surface area contributed by atoms with Gasteiger partial charge in [0.1, 0.15) is 0 Å². The second-order valence-electron chi connectivity index (χ2n) is 2.25. The molecule has 0 radical (unpaired) electrons. The smallest absolute Gasteiger partial charge is 0.0676 e. The van der Waals surface area contributed by atoms with E-state index in [4.69, 9.17) is 0 Å². The second kappa shape index (κ2) is 2.14. The maximum Gasteiger partial charge on any atom is 0.0676 e. The molecule has 2 rings (SSSR count). The van der Waals surface area contributed by atoms with Crippen LogP contribution in [0.15, 0.2) is 41.3 Å². The van der Waals surface area contributed by atoms with Crippen LogP contribution in [0.3, 0.4) is 0 Å². The van der Waals surface area contributed by atoms with Gasteiger partial charge in [-0.05, 0) is 6.08 Å². The van der Waals surface area contributed by atoms with Gasteiger partial charge in [0.15, 0.2) is 0 Å². The van der Waals surface area contributed by atoms with Crippen molar-refractivity contribution >= 4 is 5.71 Å². The van der Waals surface area contributed by atoms with E-state index in [1.54, 1.807) is 6.20 Å².